The van der Waals surface area contributed by atoms with Crippen LogP contribution in [-0.2, 0) is 7.05 Å². The van der Waals surface area contributed by atoms with Gasteiger partial charge in [-0.2, -0.15) is 5.10 Å². The van der Waals surface area contributed by atoms with Crippen LogP contribution < -0.4 is 5.32 Å². The maximum atomic E-state index is 13.5. The van der Waals surface area contributed by atoms with Crippen LogP contribution in [0.25, 0.3) is 10.9 Å². The number of para-hydroxylation sites is 1. The molecule has 21 heavy (non-hydrogen) atoms. The maximum Gasteiger partial charge on any atom is 0.123 e. The van der Waals surface area contributed by atoms with E-state index in [-0.39, 0.29) is 11.9 Å². The predicted octanol–water partition coefficient (Wildman–Crippen LogP) is 3.41. The van der Waals surface area contributed by atoms with E-state index in [1.165, 1.54) is 6.07 Å². The highest BCUT2D eigenvalue weighted by Gasteiger charge is 2.20. The van der Waals surface area contributed by atoms with E-state index >= 15 is 0 Å². The Hall–Kier alpha value is -2.20. The van der Waals surface area contributed by atoms with Crippen LogP contribution in [0.1, 0.15) is 24.2 Å². The van der Waals surface area contributed by atoms with Crippen LogP contribution in [0, 0.1) is 5.82 Å². The Morgan fingerprint density at radius 1 is 1.19 bits per heavy atom. The van der Waals surface area contributed by atoms with Crippen molar-refractivity contribution in [1.82, 2.24) is 15.1 Å². The van der Waals surface area contributed by atoms with Crippen LogP contribution >= 0.6 is 0 Å². The topological polar surface area (TPSA) is 29.9 Å². The van der Waals surface area contributed by atoms with Gasteiger partial charge in [0, 0.05) is 12.4 Å². The quantitative estimate of drug-likeness (QED) is 0.795. The first-order valence-corrected chi connectivity index (χ1v) is 7.11. The van der Waals surface area contributed by atoms with Gasteiger partial charge in [-0.05, 0) is 30.3 Å². The Labute approximate surface area is 123 Å². The molecule has 0 aliphatic carbocycles. The molecule has 1 unspecified atom stereocenters. The molecule has 3 rings (SSSR count). The summed E-state index contributed by atoms with van der Waals surface area (Å²) in [5, 5.41) is 9.14. The van der Waals surface area contributed by atoms with E-state index in [0.717, 1.165) is 28.7 Å². The summed E-state index contributed by atoms with van der Waals surface area (Å²) in [5.41, 5.74) is 2.90. The van der Waals surface area contributed by atoms with Crippen molar-refractivity contribution < 1.29 is 4.39 Å². The lowest BCUT2D eigenvalue weighted by Gasteiger charge is -2.17. The van der Waals surface area contributed by atoms with Crippen molar-refractivity contribution in [2.75, 3.05) is 6.54 Å². The molecule has 1 N–H and O–H groups in total. The standard InChI is InChI=1S/C17H18FN3/c1-3-19-16(12-7-6-8-13(18)11-12)17-14-9-4-5-10-15(14)21(2)20-17/h4-11,16,19H,3H2,1-2H3. The average Bonchev–Trinajstić information content (AvgIpc) is 2.82. The lowest BCUT2D eigenvalue weighted by Crippen LogP contribution is -2.23. The number of halogens is 1. The molecule has 0 fully saturated rings. The molecule has 0 aliphatic heterocycles. The number of hydrogen-bond acceptors (Lipinski definition) is 2. The zero-order valence-corrected chi connectivity index (χ0v) is 12.2. The minimum Gasteiger partial charge on any atom is -0.305 e. The molecule has 0 amide bonds. The summed E-state index contributed by atoms with van der Waals surface area (Å²) in [4.78, 5) is 0. The molecule has 1 atom stereocenters. The van der Waals surface area contributed by atoms with E-state index in [2.05, 4.69) is 16.5 Å². The van der Waals surface area contributed by atoms with Gasteiger partial charge in [0.05, 0.1) is 17.3 Å². The Morgan fingerprint density at radius 2 is 2.00 bits per heavy atom. The van der Waals surface area contributed by atoms with Gasteiger partial charge in [0.25, 0.3) is 0 Å². The fraction of sp³-hybridized carbons (Fsp3) is 0.235. The van der Waals surface area contributed by atoms with E-state index in [9.17, 15) is 4.39 Å². The van der Waals surface area contributed by atoms with Crippen LogP contribution in [-0.4, -0.2) is 16.3 Å². The maximum absolute atomic E-state index is 13.5. The van der Waals surface area contributed by atoms with Gasteiger partial charge in [0.2, 0.25) is 0 Å². The number of aromatic nitrogens is 2. The zero-order valence-electron chi connectivity index (χ0n) is 12.2. The molecular formula is C17H18FN3. The van der Waals surface area contributed by atoms with Crippen molar-refractivity contribution in [2.45, 2.75) is 13.0 Å². The van der Waals surface area contributed by atoms with Gasteiger partial charge in [0.1, 0.15) is 5.82 Å². The number of fused-ring (bicyclic) bond motifs is 1. The summed E-state index contributed by atoms with van der Waals surface area (Å²) in [6.45, 7) is 2.82. The normalized spacial score (nSPS) is 12.7. The van der Waals surface area contributed by atoms with Gasteiger partial charge >= 0.3 is 0 Å². The van der Waals surface area contributed by atoms with E-state index in [0.29, 0.717) is 0 Å². The zero-order chi connectivity index (χ0) is 14.8. The highest BCUT2D eigenvalue weighted by Crippen LogP contribution is 2.28. The monoisotopic (exact) mass is 283 g/mol. The van der Waals surface area contributed by atoms with E-state index in [4.69, 9.17) is 0 Å². The number of rotatable bonds is 4. The summed E-state index contributed by atoms with van der Waals surface area (Å²) < 4.78 is 15.4. The van der Waals surface area contributed by atoms with Crippen molar-refractivity contribution >= 4 is 10.9 Å². The van der Waals surface area contributed by atoms with Gasteiger partial charge in [-0.15, -0.1) is 0 Å². The van der Waals surface area contributed by atoms with Crippen molar-refractivity contribution in [1.29, 1.82) is 0 Å². The Morgan fingerprint density at radius 3 is 2.76 bits per heavy atom. The van der Waals surface area contributed by atoms with Crippen molar-refractivity contribution in [3.8, 4) is 0 Å². The molecule has 3 nitrogen and oxygen atoms in total. The van der Waals surface area contributed by atoms with E-state index in [1.807, 2.05) is 42.9 Å². The predicted molar refractivity (Wildman–Crippen MR) is 82.6 cm³/mol. The number of benzene rings is 2. The first-order valence-electron chi connectivity index (χ1n) is 7.11. The highest BCUT2D eigenvalue weighted by atomic mass is 19.1. The molecule has 0 spiro atoms. The molecule has 2 aromatic carbocycles. The summed E-state index contributed by atoms with van der Waals surface area (Å²) in [6.07, 6.45) is 0. The first-order chi connectivity index (χ1) is 10.2. The SMILES string of the molecule is CCNC(c1cccc(F)c1)c1nn(C)c2ccccc12. The number of aryl methyl sites for hydroxylation is 1. The second kappa shape index (κ2) is 5.66. The summed E-state index contributed by atoms with van der Waals surface area (Å²) in [7, 11) is 1.93. The summed E-state index contributed by atoms with van der Waals surface area (Å²) >= 11 is 0. The van der Waals surface area contributed by atoms with Gasteiger partial charge in [-0.25, -0.2) is 4.39 Å². The van der Waals surface area contributed by atoms with Crippen LogP contribution in [0.5, 0.6) is 0 Å². The third-order valence-corrected chi connectivity index (χ3v) is 3.65. The fourth-order valence-electron chi connectivity index (χ4n) is 2.72. The minimum atomic E-state index is -0.226. The molecule has 0 radical (unpaired) electrons. The molecule has 108 valence electrons. The largest absolute Gasteiger partial charge is 0.305 e. The fourth-order valence-corrected chi connectivity index (χ4v) is 2.72. The molecule has 0 aliphatic rings. The molecule has 4 heteroatoms. The second-order valence-corrected chi connectivity index (χ2v) is 5.07. The summed E-state index contributed by atoms with van der Waals surface area (Å²) in [6, 6.07) is 14.7. The van der Waals surface area contributed by atoms with Gasteiger partial charge in [-0.3, -0.25) is 4.68 Å². The number of nitrogens with zero attached hydrogens (tertiary/aromatic N) is 2. The van der Waals surface area contributed by atoms with Crippen LogP contribution in [0.3, 0.4) is 0 Å². The molecule has 3 aromatic rings. The Bertz CT molecular complexity index is 764. The third kappa shape index (κ3) is 2.54. The van der Waals surface area contributed by atoms with E-state index in [1.54, 1.807) is 12.1 Å². The molecule has 0 saturated carbocycles. The Balaban J connectivity index is 2.16. The number of hydrogen-bond donors (Lipinski definition) is 1. The third-order valence-electron chi connectivity index (χ3n) is 3.65. The number of nitrogens with one attached hydrogen (secondary N) is 1. The van der Waals surface area contributed by atoms with Crippen LogP contribution in [0.2, 0.25) is 0 Å². The lowest BCUT2D eigenvalue weighted by molar-refractivity contribution is 0.589. The van der Waals surface area contributed by atoms with E-state index < -0.39 is 0 Å². The molecule has 0 saturated heterocycles. The van der Waals surface area contributed by atoms with Crippen molar-refractivity contribution in [3.05, 3.63) is 65.6 Å². The Kier molecular flexibility index (Phi) is 3.71. The lowest BCUT2D eigenvalue weighted by atomic mass is 10.0. The highest BCUT2D eigenvalue weighted by molar-refractivity contribution is 5.82. The van der Waals surface area contributed by atoms with Crippen LogP contribution in [0.4, 0.5) is 4.39 Å². The minimum absolute atomic E-state index is 0.114. The first kappa shape index (κ1) is 13.8. The smallest absolute Gasteiger partial charge is 0.123 e. The van der Waals surface area contributed by atoms with Crippen molar-refractivity contribution in [3.63, 3.8) is 0 Å². The summed E-state index contributed by atoms with van der Waals surface area (Å²) in [5.74, 6) is -0.226. The molecule has 1 aromatic heterocycles. The second-order valence-electron chi connectivity index (χ2n) is 5.07. The average molecular weight is 283 g/mol. The molecule has 0 bridgehead atoms. The van der Waals surface area contributed by atoms with Gasteiger partial charge < -0.3 is 5.32 Å². The molecule has 1 heterocycles. The van der Waals surface area contributed by atoms with Gasteiger partial charge in [0.15, 0.2) is 0 Å². The van der Waals surface area contributed by atoms with Crippen molar-refractivity contribution in [2.24, 2.45) is 7.05 Å². The molecular weight excluding hydrogens is 265 g/mol. The van der Waals surface area contributed by atoms with Gasteiger partial charge in [-0.1, -0.05) is 37.3 Å². The van der Waals surface area contributed by atoms with Crippen LogP contribution in [0.15, 0.2) is 48.5 Å².